The van der Waals surface area contributed by atoms with Gasteiger partial charge in [0.2, 0.25) is 0 Å². The summed E-state index contributed by atoms with van der Waals surface area (Å²) in [7, 11) is 1.91. The Bertz CT molecular complexity index is 682. The SMILES string of the molecule is CCc1nc(CN2CCC(CNC(=NC)NC3CCN(C4CCCC4)CC3)CC2)cs1. The van der Waals surface area contributed by atoms with Crippen molar-refractivity contribution >= 4 is 17.3 Å². The molecule has 174 valence electrons. The number of hydrogen-bond acceptors (Lipinski definition) is 5. The molecular formula is C24H42N6S. The third-order valence-electron chi connectivity index (χ3n) is 7.49. The first-order valence-corrected chi connectivity index (χ1v) is 13.5. The van der Waals surface area contributed by atoms with E-state index in [2.05, 4.69) is 37.7 Å². The number of nitrogens with zero attached hydrogens (tertiary/aromatic N) is 4. The first-order valence-electron chi connectivity index (χ1n) is 12.6. The number of aromatic nitrogens is 1. The monoisotopic (exact) mass is 446 g/mol. The minimum absolute atomic E-state index is 0.567. The highest BCUT2D eigenvalue weighted by atomic mass is 32.1. The van der Waals surface area contributed by atoms with Gasteiger partial charge in [0.25, 0.3) is 0 Å². The summed E-state index contributed by atoms with van der Waals surface area (Å²) in [5, 5.41) is 10.8. The lowest BCUT2D eigenvalue weighted by molar-refractivity contribution is 0.150. The van der Waals surface area contributed by atoms with E-state index in [-0.39, 0.29) is 0 Å². The highest BCUT2D eigenvalue weighted by Gasteiger charge is 2.27. The van der Waals surface area contributed by atoms with Gasteiger partial charge in [0.1, 0.15) is 0 Å². The van der Waals surface area contributed by atoms with Crippen molar-refractivity contribution in [2.45, 2.75) is 83.3 Å². The summed E-state index contributed by atoms with van der Waals surface area (Å²) >= 11 is 1.80. The molecule has 4 rings (SSSR count). The molecule has 0 unspecified atom stereocenters. The fourth-order valence-corrected chi connectivity index (χ4v) is 6.21. The van der Waals surface area contributed by atoms with Crippen LogP contribution in [0.1, 0.15) is 69.0 Å². The van der Waals surface area contributed by atoms with Crippen molar-refractivity contribution in [1.82, 2.24) is 25.4 Å². The topological polar surface area (TPSA) is 55.8 Å². The lowest BCUT2D eigenvalue weighted by Crippen LogP contribution is -2.51. The Morgan fingerprint density at radius 3 is 2.48 bits per heavy atom. The number of aliphatic imine (C=N–C) groups is 1. The van der Waals surface area contributed by atoms with Gasteiger partial charge in [-0.3, -0.25) is 9.89 Å². The molecule has 31 heavy (non-hydrogen) atoms. The quantitative estimate of drug-likeness (QED) is 0.496. The van der Waals surface area contributed by atoms with Crippen molar-refractivity contribution < 1.29 is 0 Å². The highest BCUT2D eigenvalue weighted by molar-refractivity contribution is 7.09. The first kappa shape index (κ1) is 23.0. The van der Waals surface area contributed by atoms with Crippen LogP contribution in [-0.4, -0.2) is 72.6 Å². The van der Waals surface area contributed by atoms with Crippen molar-refractivity contribution in [3.05, 3.63) is 16.1 Å². The zero-order chi connectivity index (χ0) is 21.5. The van der Waals surface area contributed by atoms with Gasteiger partial charge in [0.05, 0.1) is 10.7 Å². The maximum atomic E-state index is 4.73. The van der Waals surface area contributed by atoms with Crippen LogP contribution >= 0.6 is 11.3 Å². The van der Waals surface area contributed by atoms with Crippen LogP contribution in [0.4, 0.5) is 0 Å². The summed E-state index contributed by atoms with van der Waals surface area (Å²) < 4.78 is 0. The van der Waals surface area contributed by atoms with Crippen LogP contribution in [0.15, 0.2) is 10.4 Å². The Kier molecular flexibility index (Phi) is 8.62. The van der Waals surface area contributed by atoms with E-state index in [0.717, 1.165) is 37.4 Å². The largest absolute Gasteiger partial charge is 0.356 e. The third-order valence-corrected chi connectivity index (χ3v) is 8.53. The number of rotatable bonds is 7. The zero-order valence-corrected chi connectivity index (χ0v) is 20.4. The van der Waals surface area contributed by atoms with Crippen molar-refractivity contribution in [1.29, 1.82) is 0 Å². The summed E-state index contributed by atoms with van der Waals surface area (Å²) in [6.07, 6.45) is 11.8. The maximum Gasteiger partial charge on any atom is 0.191 e. The van der Waals surface area contributed by atoms with Gasteiger partial charge in [-0.1, -0.05) is 19.8 Å². The van der Waals surface area contributed by atoms with Crippen molar-refractivity contribution in [2.75, 3.05) is 39.8 Å². The van der Waals surface area contributed by atoms with Gasteiger partial charge in [-0.25, -0.2) is 4.98 Å². The summed E-state index contributed by atoms with van der Waals surface area (Å²) in [5.41, 5.74) is 1.25. The molecule has 1 aromatic heterocycles. The Hall–Kier alpha value is -1.18. The Balaban J connectivity index is 1.12. The molecule has 7 heteroatoms. The fraction of sp³-hybridized carbons (Fsp3) is 0.833. The lowest BCUT2D eigenvalue weighted by atomic mass is 9.96. The Morgan fingerprint density at radius 2 is 1.84 bits per heavy atom. The van der Waals surface area contributed by atoms with E-state index in [1.165, 1.54) is 88.2 Å². The molecule has 3 fully saturated rings. The molecule has 0 aromatic carbocycles. The van der Waals surface area contributed by atoms with Crippen molar-refractivity contribution in [2.24, 2.45) is 10.9 Å². The predicted molar refractivity (Wildman–Crippen MR) is 131 cm³/mol. The van der Waals surface area contributed by atoms with Crippen LogP contribution in [0.25, 0.3) is 0 Å². The molecule has 3 heterocycles. The molecule has 2 saturated heterocycles. The second-order valence-corrected chi connectivity index (χ2v) is 10.6. The first-order chi connectivity index (χ1) is 15.2. The predicted octanol–water partition coefficient (Wildman–Crippen LogP) is 3.49. The van der Waals surface area contributed by atoms with E-state index in [4.69, 9.17) is 4.98 Å². The average molecular weight is 447 g/mol. The summed E-state index contributed by atoms with van der Waals surface area (Å²) in [6, 6.07) is 1.44. The molecule has 3 aliphatic rings. The fourth-order valence-electron chi connectivity index (χ4n) is 5.47. The van der Waals surface area contributed by atoms with E-state index < -0.39 is 0 Å². The normalized spacial score (nSPS) is 23.5. The number of likely N-dealkylation sites (tertiary alicyclic amines) is 2. The second-order valence-electron chi connectivity index (χ2n) is 9.65. The molecule has 0 amide bonds. The van der Waals surface area contributed by atoms with E-state index in [1.54, 1.807) is 11.3 Å². The molecule has 0 radical (unpaired) electrons. The molecule has 0 atom stereocenters. The molecule has 0 spiro atoms. The maximum absolute atomic E-state index is 4.73. The van der Waals surface area contributed by atoms with Gasteiger partial charge in [-0.05, 0) is 64.0 Å². The van der Waals surface area contributed by atoms with Crippen LogP contribution in [0.2, 0.25) is 0 Å². The number of piperidine rings is 2. The van der Waals surface area contributed by atoms with Crippen LogP contribution in [-0.2, 0) is 13.0 Å². The van der Waals surface area contributed by atoms with Crippen molar-refractivity contribution in [3.8, 4) is 0 Å². The summed E-state index contributed by atoms with van der Waals surface area (Å²) in [6.45, 7) is 9.08. The molecule has 2 N–H and O–H groups in total. The average Bonchev–Trinajstić information content (AvgIpc) is 3.50. The van der Waals surface area contributed by atoms with Gasteiger partial charge in [-0.2, -0.15) is 0 Å². The summed E-state index contributed by atoms with van der Waals surface area (Å²) in [5.74, 6) is 1.73. The van der Waals surface area contributed by atoms with Crippen LogP contribution < -0.4 is 10.6 Å². The highest BCUT2D eigenvalue weighted by Crippen LogP contribution is 2.26. The second kappa shape index (κ2) is 11.6. The molecule has 1 aliphatic carbocycles. The smallest absolute Gasteiger partial charge is 0.191 e. The number of thiazole rings is 1. The van der Waals surface area contributed by atoms with Gasteiger partial charge in [0, 0.05) is 50.7 Å². The third kappa shape index (κ3) is 6.65. The number of guanidine groups is 1. The minimum Gasteiger partial charge on any atom is -0.356 e. The molecule has 6 nitrogen and oxygen atoms in total. The van der Waals surface area contributed by atoms with E-state index in [0.29, 0.717) is 6.04 Å². The van der Waals surface area contributed by atoms with E-state index in [1.807, 2.05) is 7.05 Å². The van der Waals surface area contributed by atoms with Gasteiger partial charge >= 0.3 is 0 Å². The Labute approximate surface area is 192 Å². The summed E-state index contributed by atoms with van der Waals surface area (Å²) in [4.78, 5) is 14.5. The minimum atomic E-state index is 0.567. The lowest BCUT2D eigenvalue weighted by Gasteiger charge is -2.37. The molecule has 1 saturated carbocycles. The number of nitrogens with one attached hydrogen (secondary N) is 2. The number of hydrogen-bond donors (Lipinski definition) is 2. The van der Waals surface area contributed by atoms with Gasteiger partial charge < -0.3 is 15.5 Å². The molecule has 0 bridgehead atoms. The van der Waals surface area contributed by atoms with Gasteiger partial charge in [0.15, 0.2) is 5.96 Å². The molecular weight excluding hydrogens is 404 g/mol. The number of aryl methyl sites for hydroxylation is 1. The van der Waals surface area contributed by atoms with Crippen molar-refractivity contribution in [3.63, 3.8) is 0 Å². The molecule has 1 aromatic rings. The zero-order valence-electron chi connectivity index (χ0n) is 19.6. The van der Waals surface area contributed by atoms with Crippen LogP contribution in [0.3, 0.4) is 0 Å². The van der Waals surface area contributed by atoms with Crippen LogP contribution in [0.5, 0.6) is 0 Å². The van der Waals surface area contributed by atoms with Gasteiger partial charge in [-0.15, -0.1) is 11.3 Å². The standard InChI is InChI=1S/C24H42N6S/c1-3-23-27-21(18-31-23)17-29-12-8-19(9-13-29)16-26-24(25-2)28-20-10-14-30(15-11-20)22-6-4-5-7-22/h18-20,22H,3-17H2,1-2H3,(H2,25,26,28). The Morgan fingerprint density at radius 1 is 1.10 bits per heavy atom. The van der Waals surface area contributed by atoms with E-state index >= 15 is 0 Å². The van der Waals surface area contributed by atoms with E-state index in [9.17, 15) is 0 Å². The van der Waals surface area contributed by atoms with Crippen LogP contribution in [0, 0.1) is 5.92 Å². The molecule has 2 aliphatic heterocycles.